The lowest BCUT2D eigenvalue weighted by molar-refractivity contribution is 0.421. The maximum atomic E-state index is 13.1. The van der Waals surface area contributed by atoms with E-state index in [9.17, 15) is 9.50 Å². The monoisotopic (exact) mass is 215 g/mol. The third-order valence-electron chi connectivity index (χ3n) is 1.92. The zero-order valence-corrected chi connectivity index (χ0v) is 8.26. The Morgan fingerprint density at radius 1 is 1.64 bits per heavy atom. The van der Waals surface area contributed by atoms with E-state index in [0.29, 0.717) is 12.0 Å². The van der Waals surface area contributed by atoms with Gasteiger partial charge in [0.25, 0.3) is 0 Å². The highest BCUT2D eigenvalue weighted by molar-refractivity contribution is 6.30. The number of nitrogens with two attached hydrogens (primary N) is 1. The van der Waals surface area contributed by atoms with Crippen LogP contribution in [0.25, 0.3) is 0 Å². The first-order chi connectivity index (χ1) is 6.57. The van der Waals surface area contributed by atoms with Gasteiger partial charge in [-0.05, 0) is 12.5 Å². The number of aromatic hydroxyl groups is 1. The molecule has 0 aromatic heterocycles. The van der Waals surface area contributed by atoms with Gasteiger partial charge >= 0.3 is 0 Å². The van der Waals surface area contributed by atoms with Gasteiger partial charge in [-0.15, -0.1) is 6.58 Å². The molecule has 1 aromatic rings. The van der Waals surface area contributed by atoms with Crippen molar-refractivity contribution in [2.75, 3.05) is 0 Å². The highest BCUT2D eigenvalue weighted by atomic mass is 35.5. The Hall–Kier alpha value is -1.06. The van der Waals surface area contributed by atoms with Crippen molar-refractivity contribution in [3.8, 4) is 5.75 Å². The van der Waals surface area contributed by atoms with E-state index in [1.165, 1.54) is 12.1 Å². The SMILES string of the molecule is C=CC[C@@H](N)c1ccc(Cl)c(F)c1O. The zero-order chi connectivity index (χ0) is 10.7. The Labute approximate surface area is 86.8 Å². The standard InChI is InChI=1S/C10H11ClFNO/c1-2-3-8(13)6-4-5-7(11)9(12)10(6)14/h2,4-5,8,14H,1,3,13H2/t8-/m1/s1. The molecule has 14 heavy (non-hydrogen) atoms. The molecule has 0 heterocycles. The summed E-state index contributed by atoms with van der Waals surface area (Å²) in [7, 11) is 0. The molecule has 0 amide bonds. The Morgan fingerprint density at radius 2 is 2.29 bits per heavy atom. The number of hydrogen-bond donors (Lipinski definition) is 2. The van der Waals surface area contributed by atoms with E-state index < -0.39 is 17.6 Å². The number of phenolic OH excluding ortho intramolecular Hbond substituents is 1. The summed E-state index contributed by atoms with van der Waals surface area (Å²) >= 11 is 5.47. The first kappa shape index (κ1) is 11.0. The Balaban J connectivity index is 3.10. The van der Waals surface area contributed by atoms with Crippen molar-refractivity contribution in [1.82, 2.24) is 0 Å². The molecule has 0 aliphatic carbocycles. The Kier molecular flexibility index (Phi) is 3.49. The minimum Gasteiger partial charge on any atom is -0.505 e. The van der Waals surface area contributed by atoms with Crippen LogP contribution in [0.4, 0.5) is 4.39 Å². The van der Waals surface area contributed by atoms with Crippen molar-refractivity contribution >= 4 is 11.6 Å². The minimum absolute atomic E-state index is 0.114. The fraction of sp³-hybridized carbons (Fsp3) is 0.200. The molecule has 0 saturated heterocycles. The summed E-state index contributed by atoms with van der Waals surface area (Å²) in [5.41, 5.74) is 6.02. The smallest absolute Gasteiger partial charge is 0.183 e. The van der Waals surface area contributed by atoms with Crippen LogP contribution >= 0.6 is 11.6 Å². The third kappa shape index (κ3) is 2.05. The lowest BCUT2D eigenvalue weighted by Gasteiger charge is -2.12. The molecule has 1 rings (SSSR count). The van der Waals surface area contributed by atoms with Gasteiger partial charge in [0.1, 0.15) is 0 Å². The maximum Gasteiger partial charge on any atom is 0.183 e. The summed E-state index contributed by atoms with van der Waals surface area (Å²) in [5.74, 6) is -1.31. The molecule has 0 unspecified atom stereocenters. The summed E-state index contributed by atoms with van der Waals surface area (Å²) in [6, 6.07) is 2.42. The molecule has 0 radical (unpaired) electrons. The summed E-state index contributed by atoms with van der Waals surface area (Å²) in [6.45, 7) is 3.51. The van der Waals surface area contributed by atoms with E-state index in [-0.39, 0.29) is 5.02 Å². The molecule has 4 heteroatoms. The minimum atomic E-state index is -0.830. The fourth-order valence-corrected chi connectivity index (χ4v) is 1.31. The number of phenols is 1. The summed E-state index contributed by atoms with van der Waals surface area (Å²) in [4.78, 5) is 0. The predicted octanol–water partition coefficient (Wildman–Crippen LogP) is 2.76. The van der Waals surface area contributed by atoms with Gasteiger partial charge in [-0.2, -0.15) is 0 Å². The molecule has 1 aromatic carbocycles. The van der Waals surface area contributed by atoms with Crippen LogP contribution in [0, 0.1) is 5.82 Å². The van der Waals surface area contributed by atoms with Crippen molar-refractivity contribution in [1.29, 1.82) is 0 Å². The molecule has 0 saturated carbocycles. The van der Waals surface area contributed by atoms with Gasteiger partial charge < -0.3 is 10.8 Å². The second-order valence-corrected chi connectivity index (χ2v) is 3.34. The average Bonchev–Trinajstić information content (AvgIpc) is 2.15. The number of halogens is 2. The molecule has 0 fully saturated rings. The van der Waals surface area contributed by atoms with Gasteiger partial charge in [0, 0.05) is 11.6 Å². The zero-order valence-electron chi connectivity index (χ0n) is 7.50. The highest BCUT2D eigenvalue weighted by Crippen LogP contribution is 2.31. The molecule has 0 aliphatic heterocycles. The van der Waals surface area contributed by atoms with Crippen LogP contribution in [0.1, 0.15) is 18.0 Å². The van der Waals surface area contributed by atoms with Crippen molar-refractivity contribution < 1.29 is 9.50 Å². The normalized spacial score (nSPS) is 12.5. The van der Waals surface area contributed by atoms with Crippen molar-refractivity contribution in [2.24, 2.45) is 5.73 Å². The quantitative estimate of drug-likeness (QED) is 0.762. The van der Waals surface area contributed by atoms with Gasteiger partial charge in [-0.1, -0.05) is 23.7 Å². The topological polar surface area (TPSA) is 46.2 Å². The molecule has 0 bridgehead atoms. The van der Waals surface area contributed by atoms with Crippen molar-refractivity contribution in [3.63, 3.8) is 0 Å². The Bertz CT molecular complexity index is 354. The lowest BCUT2D eigenvalue weighted by atomic mass is 10.0. The molecule has 0 spiro atoms. The second-order valence-electron chi connectivity index (χ2n) is 2.93. The van der Waals surface area contributed by atoms with E-state index >= 15 is 0 Å². The summed E-state index contributed by atoms with van der Waals surface area (Å²) in [6.07, 6.45) is 2.07. The lowest BCUT2D eigenvalue weighted by Crippen LogP contribution is -2.09. The van der Waals surface area contributed by atoms with E-state index in [1.807, 2.05) is 0 Å². The predicted molar refractivity (Wildman–Crippen MR) is 54.8 cm³/mol. The van der Waals surface area contributed by atoms with Crippen LogP contribution in [0.3, 0.4) is 0 Å². The number of hydrogen-bond acceptors (Lipinski definition) is 2. The highest BCUT2D eigenvalue weighted by Gasteiger charge is 2.15. The molecular formula is C10H11ClFNO. The van der Waals surface area contributed by atoms with Crippen LogP contribution in [0.15, 0.2) is 24.8 Å². The van der Waals surface area contributed by atoms with Crippen LogP contribution in [-0.4, -0.2) is 5.11 Å². The van der Waals surface area contributed by atoms with E-state index in [2.05, 4.69) is 6.58 Å². The van der Waals surface area contributed by atoms with Crippen LogP contribution < -0.4 is 5.73 Å². The molecule has 0 aliphatic rings. The maximum absolute atomic E-state index is 13.1. The summed E-state index contributed by atoms with van der Waals surface area (Å²) in [5, 5.41) is 9.29. The molecule has 1 atom stereocenters. The van der Waals surface area contributed by atoms with Gasteiger partial charge in [0.2, 0.25) is 0 Å². The van der Waals surface area contributed by atoms with Gasteiger partial charge in [0.15, 0.2) is 11.6 Å². The largest absolute Gasteiger partial charge is 0.505 e. The molecular weight excluding hydrogens is 205 g/mol. The number of rotatable bonds is 3. The molecule has 3 N–H and O–H groups in total. The van der Waals surface area contributed by atoms with Crippen molar-refractivity contribution in [3.05, 3.63) is 41.2 Å². The van der Waals surface area contributed by atoms with Crippen molar-refractivity contribution in [2.45, 2.75) is 12.5 Å². The second kappa shape index (κ2) is 4.44. The third-order valence-corrected chi connectivity index (χ3v) is 2.21. The first-order valence-corrected chi connectivity index (χ1v) is 4.49. The van der Waals surface area contributed by atoms with Crippen LogP contribution in [0.2, 0.25) is 5.02 Å². The van der Waals surface area contributed by atoms with Crippen LogP contribution in [-0.2, 0) is 0 Å². The number of benzene rings is 1. The van der Waals surface area contributed by atoms with Crippen LogP contribution in [0.5, 0.6) is 5.75 Å². The van der Waals surface area contributed by atoms with Gasteiger partial charge in [-0.25, -0.2) is 4.39 Å². The van der Waals surface area contributed by atoms with Gasteiger partial charge in [-0.3, -0.25) is 0 Å². The van der Waals surface area contributed by atoms with E-state index in [1.54, 1.807) is 6.08 Å². The molecule has 76 valence electrons. The summed E-state index contributed by atoms with van der Waals surface area (Å²) < 4.78 is 13.1. The van der Waals surface area contributed by atoms with E-state index in [0.717, 1.165) is 0 Å². The van der Waals surface area contributed by atoms with Gasteiger partial charge in [0.05, 0.1) is 5.02 Å². The Morgan fingerprint density at radius 3 is 2.86 bits per heavy atom. The fourth-order valence-electron chi connectivity index (χ4n) is 1.16. The average molecular weight is 216 g/mol. The molecule has 2 nitrogen and oxygen atoms in total. The first-order valence-electron chi connectivity index (χ1n) is 4.11. The van der Waals surface area contributed by atoms with E-state index in [4.69, 9.17) is 17.3 Å².